The number of ether oxygens (including phenoxy) is 1. The van der Waals surface area contributed by atoms with E-state index >= 15 is 0 Å². The number of benzene rings is 3. The lowest BCUT2D eigenvalue weighted by Crippen LogP contribution is -2.28. The first kappa shape index (κ1) is 19.7. The topological polar surface area (TPSA) is 67.4 Å². The van der Waals surface area contributed by atoms with Gasteiger partial charge in [0, 0.05) is 23.7 Å². The molecule has 0 aromatic heterocycles. The molecule has 0 unspecified atom stereocenters. The van der Waals surface area contributed by atoms with Crippen molar-refractivity contribution >= 4 is 17.5 Å². The van der Waals surface area contributed by atoms with Gasteiger partial charge in [-0.15, -0.1) is 0 Å². The van der Waals surface area contributed by atoms with E-state index < -0.39 is 0 Å². The molecule has 5 heteroatoms. The Kier molecular flexibility index (Phi) is 6.09. The molecule has 3 aromatic rings. The number of anilines is 1. The van der Waals surface area contributed by atoms with E-state index in [1.807, 2.05) is 78.9 Å². The Balaban J connectivity index is 1.30. The minimum Gasteiger partial charge on any atom is -0.483 e. The Morgan fingerprint density at radius 2 is 1.67 bits per heavy atom. The van der Waals surface area contributed by atoms with Gasteiger partial charge >= 0.3 is 0 Å². The largest absolute Gasteiger partial charge is 0.483 e. The third-order valence-corrected chi connectivity index (χ3v) is 4.96. The highest BCUT2D eigenvalue weighted by molar-refractivity contribution is 5.94. The molecule has 3 aromatic carbocycles. The summed E-state index contributed by atoms with van der Waals surface area (Å²) < 4.78 is 5.78. The summed E-state index contributed by atoms with van der Waals surface area (Å²) in [5.74, 6) is 0.694. The summed E-state index contributed by atoms with van der Waals surface area (Å²) in [5.41, 5.74) is 3.66. The van der Waals surface area contributed by atoms with E-state index in [1.165, 1.54) is 0 Å². The third-order valence-electron chi connectivity index (χ3n) is 4.96. The molecule has 152 valence electrons. The lowest BCUT2D eigenvalue weighted by Gasteiger charge is -2.12. The molecule has 0 spiro atoms. The van der Waals surface area contributed by atoms with Crippen LogP contribution in [0.5, 0.6) is 5.75 Å². The van der Waals surface area contributed by atoms with Gasteiger partial charge in [0.2, 0.25) is 5.91 Å². The Labute approximate surface area is 176 Å². The molecular weight excluding hydrogens is 376 g/mol. The second-order valence-electron chi connectivity index (χ2n) is 7.39. The normalized spacial score (nSPS) is 12.8. The van der Waals surface area contributed by atoms with Crippen LogP contribution in [0.4, 0.5) is 5.69 Å². The Hall–Kier alpha value is -3.60. The summed E-state index contributed by atoms with van der Waals surface area (Å²) in [5, 5.41) is 5.79. The fraction of sp³-hybridized carbons (Fsp3) is 0.200. The van der Waals surface area contributed by atoms with E-state index in [-0.39, 0.29) is 24.3 Å². The summed E-state index contributed by atoms with van der Waals surface area (Å²) in [7, 11) is 0. The van der Waals surface area contributed by atoms with E-state index in [0.29, 0.717) is 12.3 Å². The molecule has 0 atom stereocenters. The van der Waals surface area contributed by atoms with E-state index in [9.17, 15) is 9.59 Å². The first-order valence-electron chi connectivity index (χ1n) is 10.1. The van der Waals surface area contributed by atoms with Crippen LogP contribution in [0.2, 0.25) is 0 Å². The highest BCUT2D eigenvalue weighted by atomic mass is 16.5. The predicted molar refractivity (Wildman–Crippen MR) is 117 cm³/mol. The number of nitrogens with one attached hydrogen (secondary N) is 2. The van der Waals surface area contributed by atoms with Crippen molar-refractivity contribution in [3.8, 4) is 16.9 Å². The van der Waals surface area contributed by atoms with Crippen LogP contribution in [0, 0.1) is 5.92 Å². The lowest BCUT2D eigenvalue weighted by molar-refractivity contribution is -0.123. The molecule has 5 nitrogen and oxygen atoms in total. The van der Waals surface area contributed by atoms with Crippen molar-refractivity contribution in [1.82, 2.24) is 5.32 Å². The summed E-state index contributed by atoms with van der Waals surface area (Å²) in [6.45, 7) is 0.303. The number of carbonyl (C=O) groups excluding carboxylic acids is 2. The van der Waals surface area contributed by atoms with Crippen LogP contribution in [0.1, 0.15) is 18.4 Å². The van der Waals surface area contributed by atoms with E-state index in [2.05, 4.69) is 10.6 Å². The third kappa shape index (κ3) is 5.26. The number of para-hydroxylation sites is 1. The van der Waals surface area contributed by atoms with Gasteiger partial charge in [0.1, 0.15) is 5.75 Å². The number of hydrogen-bond acceptors (Lipinski definition) is 3. The first-order valence-corrected chi connectivity index (χ1v) is 10.1. The number of carbonyl (C=O) groups is 2. The van der Waals surface area contributed by atoms with Crippen LogP contribution < -0.4 is 15.4 Å². The fourth-order valence-corrected chi connectivity index (χ4v) is 3.19. The molecule has 1 aliphatic carbocycles. The first-order chi connectivity index (χ1) is 14.7. The maximum atomic E-state index is 12.3. The number of hydrogen-bond donors (Lipinski definition) is 2. The maximum absolute atomic E-state index is 12.3. The average molecular weight is 400 g/mol. The van der Waals surface area contributed by atoms with Crippen molar-refractivity contribution in [2.24, 2.45) is 5.92 Å². The van der Waals surface area contributed by atoms with Crippen LogP contribution >= 0.6 is 0 Å². The molecule has 2 amide bonds. The van der Waals surface area contributed by atoms with Crippen molar-refractivity contribution in [1.29, 1.82) is 0 Å². The smallest absolute Gasteiger partial charge is 0.258 e. The van der Waals surface area contributed by atoms with Crippen LogP contribution in [0.3, 0.4) is 0 Å². The van der Waals surface area contributed by atoms with Crippen molar-refractivity contribution < 1.29 is 14.3 Å². The van der Waals surface area contributed by atoms with E-state index in [1.54, 1.807) is 0 Å². The number of rotatable bonds is 8. The fourth-order valence-electron chi connectivity index (χ4n) is 3.19. The summed E-state index contributed by atoms with van der Waals surface area (Å²) in [4.78, 5) is 24.2. The van der Waals surface area contributed by atoms with Gasteiger partial charge in [0.25, 0.3) is 5.91 Å². The van der Waals surface area contributed by atoms with Gasteiger partial charge in [0.05, 0.1) is 0 Å². The molecule has 2 N–H and O–H groups in total. The Morgan fingerprint density at radius 3 is 2.47 bits per heavy atom. The highest BCUT2D eigenvalue weighted by Crippen LogP contribution is 2.30. The summed E-state index contributed by atoms with van der Waals surface area (Å²) in [6, 6.07) is 25.1. The molecular formula is C25H24N2O3. The second-order valence-corrected chi connectivity index (χ2v) is 7.39. The average Bonchev–Trinajstić information content (AvgIpc) is 3.63. The molecule has 0 saturated heterocycles. The van der Waals surface area contributed by atoms with E-state index in [4.69, 9.17) is 4.74 Å². The lowest BCUT2D eigenvalue weighted by atomic mass is 10.1. The zero-order chi connectivity index (χ0) is 20.8. The van der Waals surface area contributed by atoms with Crippen molar-refractivity contribution in [2.45, 2.75) is 19.4 Å². The summed E-state index contributed by atoms with van der Waals surface area (Å²) in [6.07, 6.45) is 1.93. The van der Waals surface area contributed by atoms with Gasteiger partial charge in [0.15, 0.2) is 6.61 Å². The Morgan fingerprint density at radius 1 is 0.900 bits per heavy atom. The molecule has 30 heavy (non-hydrogen) atoms. The molecule has 1 fully saturated rings. The molecule has 0 radical (unpaired) electrons. The minimum atomic E-state index is -0.203. The van der Waals surface area contributed by atoms with Crippen molar-refractivity contribution in [2.75, 3.05) is 11.9 Å². The van der Waals surface area contributed by atoms with Gasteiger partial charge < -0.3 is 15.4 Å². The van der Waals surface area contributed by atoms with Gasteiger partial charge in [-0.25, -0.2) is 0 Å². The van der Waals surface area contributed by atoms with Gasteiger partial charge in [-0.05, 0) is 42.2 Å². The van der Waals surface area contributed by atoms with Crippen LogP contribution in [-0.4, -0.2) is 18.4 Å². The van der Waals surface area contributed by atoms with Crippen LogP contribution in [-0.2, 0) is 16.1 Å². The SMILES string of the molecule is O=C(COc1ccccc1-c1ccccc1)NCc1cccc(NC(=O)C2CC2)c1. The Bertz CT molecular complexity index is 1030. The minimum absolute atomic E-state index is 0.0675. The zero-order valence-electron chi connectivity index (χ0n) is 16.6. The molecule has 4 rings (SSSR count). The molecule has 1 aliphatic rings. The standard InChI is InChI=1S/C25H24N2O3/c28-24(17-30-23-12-5-4-11-22(23)19-8-2-1-3-9-19)26-16-18-7-6-10-21(15-18)27-25(29)20-13-14-20/h1-12,15,20H,13-14,16-17H2,(H,26,28)(H,27,29). The number of amides is 2. The molecule has 0 aliphatic heterocycles. The van der Waals surface area contributed by atoms with E-state index in [0.717, 1.165) is 35.2 Å². The molecule has 0 bridgehead atoms. The van der Waals surface area contributed by atoms with Gasteiger partial charge in [-0.1, -0.05) is 60.7 Å². The maximum Gasteiger partial charge on any atom is 0.258 e. The monoisotopic (exact) mass is 400 g/mol. The van der Waals surface area contributed by atoms with Crippen molar-refractivity contribution in [3.63, 3.8) is 0 Å². The quantitative estimate of drug-likeness (QED) is 0.589. The zero-order valence-corrected chi connectivity index (χ0v) is 16.6. The van der Waals surface area contributed by atoms with Crippen molar-refractivity contribution in [3.05, 3.63) is 84.4 Å². The second kappa shape index (κ2) is 9.27. The molecule has 1 saturated carbocycles. The van der Waals surface area contributed by atoms with Crippen LogP contribution in [0.15, 0.2) is 78.9 Å². The highest BCUT2D eigenvalue weighted by Gasteiger charge is 2.29. The molecule has 0 heterocycles. The van der Waals surface area contributed by atoms with Gasteiger partial charge in [-0.2, -0.15) is 0 Å². The van der Waals surface area contributed by atoms with Gasteiger partial charge in [-0.3, -0.25) is 9.59 Å². The van der Waals surface area contributed by atoms with Crippen LogP contribution in [0.25, 0.3) is 11.1 Å². The predicted octanol–water partition coefficient (Wildman–Crippen LogP) is 4.40. The summed E-state index contributed by atoms with van der Waals surface area (Å²) >= 11 is 0.